The van der Waals surface area contributed by atoms with Gasteiger partial charge in [0.1, 0.15) is 12.3 Å². The van der Waals surface area contributed by atoms with Crippen molar-refractivity contribution in [2.45, 2.75) is 31.7 Å². The van der Waals surface area contributed by atoms with Crippen LogP contribution in [0, 0.1) is 18.4 Å². The van der Waals surface area contributed by atoms with Crippen LogP contribution in [0.3, 0.4) is 0 Å². The van der Waals surface area contributed by atoms with E-state index < -0.39 is 29.6 Å². The van der Waals surface area contributed by atoms with Gasteiger partial charge >= 0.3 is 5.69 Å². The van der Waals surface area contributed by atoms with E-state index in [4.69, 9.17) is 15.7 Å². The number of nitrogens with zero attached hydrogens (tertiary/aromatic N) is 3. The van der Waals surface area contributed by atoms with Gasteiger partial charge in [-0.1, -0.05) is 0 Å². The molecule has 3 atom stereocenters. The largest absolute Gasteiger partial charge is 0.394 e. The standard InChI is InChI=1S/C12H16N6O4/c1-6-3-18(12(21)17-10(6)20)9-2-7(8(4-19)22-9)16-11(14)15-5-13/h3,7-9,19H,2,4H2,1H3,(H3,14,15,16)(H,17,20,21)/t7-,8+,9+/m0/s1. The lowest BCUT2D eigenvalue weighted by Gasteiger charge is -2.14. The van der Waals surface area contributed by atoms with Gasteiger partial charge in [0.15, 0.2) is 6.19 Å². The van der Waals surface area contributed by atoms with E-state index in [-0.39, 0.29) is 19.0 Å². The number of aliphatic hydroxyl groups excluding tert-OH is 1. The number of hydrogen-bond donors (Lipinski definition) is 4. The van der Waals surface area contributed by atoms with Crippen LogP contribution in [0.1, 0.15) is 18.2 Å². The normalized spacial score (nSPS) is 25.0. The van der Waals surface area contributed by atoms with Crippen molar-refractivity contribution in [3.05, 3.63) is 32.6 Å². The molecule has 0 aromatic carbocycles. The molecule has 10 nitrogen and oxygen atoms in total. The summed E-state index contributed by atoms with van der Waals surface area (Å²) in [5.74, 6) is -0.0970. The summed E-state index contributed by atoms with van der Waals surface area (Å²) in [6, 6.07) is -0.519. The van der Waals surface area contributed by atoms with Gasteiger partial charge in [0, 0.05) is 18.2 Å². The Kier molecular flexibility index (Phi) is 4.59. The highest BCUT2D eigenvalue weighted by molar-refractivity contribution is 5.79. The van der Waals surface area contributed by atoms with E-state index in [2.05, 4.69) is 15.3 Å². The predicted molar refractivity (Wildman–Crippen MR) is 75.8 cm³/mol. The van der Waals surface area contributed by atoms with Crippen LogP contribution in [0.2, 0.25) is 0 Å². The third-order valence-corrected chi connectivity index (χ3v) is 3.33. The minimum Gasteiger partial charge on any atom is -0.394 e. The smallest absolute Gasteiger partial charge is 0.330 e. The van der Waals surface area contributed by atoms with Gasteiger partial charge in [-0.25, -0.2) is 9.79 Å². The lowest BCUT2D eigenvalue weighted by atomic mass is 10.1. The maximum atomic E-state index is 11.9. The van der Waals surface area contributed by atoms with Crippen molar-refractivity contribution in [1.29, 1.82) is 5.26 Å². The van der Waals surface area contributed by atoms with Gasteiger partial charge in [0.2, 0.25) is 5.96 Å². The molecule has 5 N–H and O–H groups in total. The van der Waals surface area contributed by atoms with Gasteiger partial charge in [-0.15, -0.1) is 0 Å². The first-order valence-corrected chi connectivity index (χ1v) is 6.53. The Bertz CT molecular complexity index is 730. The van der Waals surface area contributed by atoms with Crippen molar-refractivity contribution in [1.82, 2.24) is 14.9 Å². The first-order valence-electron chi connectivity index (χ1n) is 6.53. The number of aryl methyl sites for hydroxylation is 1. The molecule has 0 saturated carbocycles. The summed E-state index contributed by atoms with van der Waals surface area (Å²) in [4.78, 5) is 29.5. The lowest BCUT2D eigenvalue weighted by molar-refractivity contribution is -0.0270. The number of aliphatic imine (C=N–C) groups is 1. The SMILES string of the molecule is Cc1cn([C@H]2C[C@H](N=C(N)NC#N)[C@@H](CO)O2)c(=O)[nH]c1=O. The second-order valence-corrected chi connectivity index (χ2v) is 4.84. The summed E-state index contributed by atoms with van der Waals surface area (Å²) < 4.78 is 6.82. The summed E-state index contributed by atoms with van der Waals surface area (Å²) in [6.07, 6.45) is 1.94. The van der Waals surface area contributed by atoms with E-state index in [0.717, 1.165) is 0 Å². The van der Waals surface area contributed by atoms with Gasteiger partial charge in [0.25, 0.3) is 5.56 Å². The molecule has 1 aliphatic rings. The van der Waals surface area contributed by atoms with Gasteiger partial charge in [0.05, 0.1) is 12.6 Å². The zero-order valence-electron chi connectivity index (χ0n) is 11.8. The number of nitriles is 1. The van der Waals surface area contributed by atoms with Crippen molar-refractivity contribution in [3.8, 4) is 6.19 Å². The number of aromatic amines is 1. The molecular weight excluding hydrogens is 292 g/mol. The topological polar surface area (TPSA) is 159 Å². The van der Waals surface area contributed by atoms with Crippen LogP contribution in [0.5, 0.6) is 0 Å². The van der Waals surface area contributed by atoms with Crippen LogP contribution in [0.15, 0.2) is 20.8 Å². The molecule has 10 heteroatoms. The molecule has 1 aromatic heterocycles. The molecule has 1 aromatic rings. The molecule has 2 rings (SSSR count). The number of aromatic nitrogens is 2. The molecule has 118 valence electrons. The summed E-state index contributed by atoms with van der Waals surface area (Å²) in [5.41, 5.74) is 4.80. The van der Waals surface area contributed by atoms with Crippen LogP contribution >= 0.6 is 0 Å². The Morgan fingerprint density at radius 2 is 2.45 bits per heavy atom. The zero-order valence-corrected chi connectivity index (χ0v) is 11.8. The lowest BCUT2D eigenvalue weighted by Crippen LogP contribution is -2.33. The third-order valence-electron chi connectivity index (χ3n) is 3.33. The predicted octanol–water partition coefficient (Wildman–Crippen LogP) is -2.12. The van der Waals surface area contributed by atoms with Gasteiger partial charge in [-0.3, -0.25) is 19.7 Å². The number of H-pyrrole nitrogens is 1. The first kappa shape index (κ1) is 15.7. The first-order chi connectivity index (χ1) is 10.5. The quantitative estimate of drug-likeness (QED) is 0.215. The average molecular weight is 308 g/mol. The molecule has 0 spiro atoms. The number of nitrogens with one attached hydrogen (secondary N) is 2. The number of rotatable bonds is 3. The Labute approximate surface area is 124 Å². The fourth-order valence-corrected chi connectivity index (χ4v) is 2.25. The molecule has 22 heavy (non-hydrogen) atoms. The molecule has 0 bridgehead atoms. The van der Waals surface area contributed by atoms with Crippen LogP contribution < -0.4 is 22.3 Å². The van der Waals surface area contributed by atoms with Gasteiger partial charge in [-0.05, 0) is 6.92 Å². The molecular formula is C12H16N6O4. The monoisotopic (exact) mass is 308 g/mol. The number of hydrogen-bond acceptors (Lipinski definition) is 6. The highest BCUT2D eigenvalue weighted by Gasteiger charge is 2.36. The second kappa shape index (κ2) is 6.42. The zero-order chi connectivity index (χ0) is 16.3. The van der Waals surface area contributed by atoms with Crippen molar-refractivity contribution in [2.24, 2.45) is 10.7 Å². The Balaban J connectivity index is 2.28. The van der Waals surface area contributed by atoms with E-state index >= 15 is 0 Å². The summed E-state index contributed by atoms with van der Waals surface area (Å²) in [5, 5.41) is 20.0. The third kappa shape index (κ3) is 3.16. The van der Waals surface area contributed by atoms with Crippen molar-refractivity contribution in [3.63, 3.8) is 0 Å². The van der Waals surface area contributed by atoms with Crippen molar-refractivity contribution >= 4 is 5.96 Å². The number of aliphatic hydroxyl groups is 1. The minimum atomic E-state index is -0.691. The van der Waals surface area contributed by atoms with Crippen LogP contribution in [-0.2, 0) is 4.74 Å². The van der Waals surface area contributed by atoms with E-state index in [0.29, 0.717) is 5.56 Å². The summed E-state index contributed by atoms with van der Waals surface area (Å²) in [7, 11) is 0. The Morgan fingerprint density at radius 3 is 3.09 bits per heavy atom. The maximum Gasteiger partial charge on any atom is 0.330 e. The summed E-state index contributed by atoms with van der Waals surface area (Å²) in [6.45, 7) is 1.25. The minimum absolute atomic E-state index is 0.0970. The molecule has 0 unspecified atom stereocenters. The van der Waals surface area contributed by atoms with Crippen molar-refractivity contribution in [2.75, 3.05) is 6.61 Å². The fourth-order valence-electron chi connectivity index (χ4n) is 2.25. The van der Waals surface area contributed by atoms with E-state index in [1.54, 1.807) is 13.1 Å². The molecule has 0 radical (unpaired) electrons. The van der Waals surface area contributed by atoms with Crippen LogP contribution in [0.4, 0.5) is 0 Å². The average Bonchev–Trinajstić information content (AvgIpc) is 2.85. The second-order valence-electron chi connectivity index (χ2n) is 4.84. The highest BCUT2D eigenvalue weighted by Crippen LogP contribution is 2.29. The molecule has 1 aliphatic heterocycles. The van der Waals surface area contributed by atoms with Crippen molar-refractivity contribution < 1.29 is 9.84 Å². The van der Waals surface area contributed by atoms with Crippen LogP contribution in [-0.4, -0.2) is 39.4 Å². The van der Waals surface area contributed by atoms with Gasteiger partial charge in [-0.2, -0.15) is 5.26 Å². The number of ether oxygens (including phenoxy) is 1. The highest BCUT2D eigenvalue weighted by atomic mass is 16.5. The Morgan fingerprint density at radius 1 is 1.73 bits per heavy atom. The molecule has 0 amide bonds. The number of nitrogens with two attached hydrogens (primary N) is 1. The fraction of sp³-hybridized carbons (Fsp3) is 0.500. The van der Waals surface area contributed by atoms with Crippen LogP contribution in [0.25, 0.3) is 0 Å². The van der Waals surface area contributed by atoms with E-state index in [1.807, 2.05) is 0 Å². The van der Waals surface area contributed by atoms with E-state index in [9.17, 15) is 14.7 Å². The summed E-state index contributed by atoms with van der Waals surface area (Å²) >= 11 is 0. The molecule has 1 saturated heterocycles. The molecule has 1 fully saturated rings. The van der Waals surface area contributed by atoms with E-state index in [1.165, 1.54) is 10.8 Å². The molecule has 2 heterocycles. The Hall–Kier alpha value is -2.64. The molecule has 0 aliphatic carbocycles. The van der Waals surface area contributed by atoms with Gasteiger partial charge < -0.3 is 15.6 Å². The maximum absolute atomic E-state index is 11.9. The number of guanidine groups is 1.